The molecular weight excluding hydrogens is 246 g/mol. The maximum atomic E-state index is 12.1. The second kappa shape index (κ2) is 6.37. The third-order valence-corrected chi connectivity index (χ3v) is 2.67. The first-order valence-electron chi connectivity index (χ1n) is 6.49. The molecule has 5 heteroatoms. The highest BCUT2D eigenvalue weighted by Gasteiger charge is 2.34. The summed E-state index contributed by atoms with van der Waals surface area (Å²) in [6.07, 6.45) is 0. The number of esters is 1. The van der Waals surface area contributed by atoms with E-state index in [0.717, 1.165) is 0 Å². The molecule has 0 fully saturated rings. The molecule has 112 valence electrons. The Morgan fingerprint density at radius 3 is 1.84 bits per heavy atom. The van der Waals surface area contributed by atoms with Crippen molar-refractivity contribution < 1.29 is 19.1 Å². The van der Waals surface area contributed by atoms with Gasteiger partial charge in [0.2, 0.25) is 0 Å². The van der Waals surface area contributed by atoms with Crippen LogP contribution in [0.25, 0.3) is 0 Å². The highest BCUT2D eigenvalue weighted by atomic mass is 16.6. The first kappa shape index (κ1) is 17.9. The van der Waals surface area contributed by atoms with Gasteiger partial charge in [-0.15, -0.1) is 0 Å². The summed E-state index contributed by atoms with van der Waals surface area (Å²) in [5.74, 6) is -0.825. The van der Waals surface area contributed by atoms with E-state index in [-0.39, 0.29) is 11.8 Å². The summed E-state index contributed by atoms with van der Waals surface area (Å²) in [7, 11) is 1.46. The Bertz CT molecular complexity index is 329. The summed E-state index contributed by atoms with van der Waals surface area (Å²) < 4.78 is 10.4. The molecule has 0 aliphatic heterocycles. The van der Waals surface area contributed by atoms with Crippen LogP contribution in [0.5, 0.6) is 0 Å². The van der Waals surface area contributed by atoms with E-state index in [9.17, 15) is 9.59 Å². The fourth-order valence-electron chi connectivity index (χ4n) is 1.27. The molecule has 19 heavy (non-hydrogen) atoms. The second-order valence-corrected chi connectivity index (χ2v) is 6.44. The zero-order valence-electron chi connectivity index (χ0n) is 13.3. The first-order chi connectivity index (χ1) is 8.40. The van der Waals surface area contributed by atoms with Crippen LogP contribution in [0, 0.1) is 5.92 Å². The Balaban J connectivity index is 4.86. The molecule has 0 aliphatic rings. The number of hydrogen-bond acceptors (Lipinski definition) is 4. The van der Waals surface area contributed by atoms with Gasteiger partial charge in [-0.1, -0.05) is 13.8 Å². The van der Waals surface area contributed by atoms with Gasteiger partial charge in [0.15, 0.2) is 0 Å². The second-order valence-electron chi connectivity index (χ2n) is 6.44. The van der Waals surface area contributed by atoms with E-state index in [2.05, 4.69) is 5.32 Å². The Morgan fingerprint density at radius 2 is 1.53 bits per heavy atom. The van der Waals surface area contributed by atoms with Crippen molar-refractivity contribution >= 4 is 11.9 Å². The topological polar surface area (TPSA) is 64.6 Å². The van der Waals surface area contributed by atoms with Gasteiger partial charge in [-0.2, -0.15) is 0 Å². The van der Waals surface area contributed by atoms with Crippen LogP contribution in [-0.4, -0.2) is 36.2 Å². The lowest BCUT2D eigenvalue weighted by Crippen LogP contribution is -2.53. The van der Waals surface area contributed by atoms with Crippen molar-refractivity contribution in [3.63, 3.8) is 0 Å². The maximum absolute atomic E-state index is 12.1. The lowest BCUT2D eigenvalue weighted by Gasteiger charge is -2.29. The summed E-state index contributed by atoms with van der Waals surface area (Å²) in [6, 6.07) is -0.679. The van der Waals surface area contributed by atoms with Crippen molar-refractivity contribution in [2.45, 2.75) is 65.7 Å². The molecule has 0 heterocycles. The van der Waals surface area contributed by atoms with E-state index in [1.807, 2.05) is 13.8 Å². The van der Waals surface area contributed by atoms with Crippen molar-refractivity contribution in [2.24, 2.45) is 5.92 Å². The standard InChI is InChI=1S/C14H27NO4/c1-9(2)10(11(16)19-13(3,4)5)15-12(17)14(6,7)18-8/h9-10H,1-8H3,(H,15,17)/t10-/m0/s1. The summed E-state index contributed by atoms with van der Waals surface area (Å²) in [5.41, 5.74) is -1.55. The molecule has 0 radical (unpaired) electrons. The largest absolute Gasteiger partial charge is 0.458 e. The van der Waals surface area contributed by atoms with Gasteiger partial charge in [0.05, 0.1) is 0 Å². The number of carbonyl (C=O) groups is 2. The molecule has 1 amide bonds. The number of ether oxygens (including phenoxy) is 2. The number of hydrogen-bond donors (Lipinski definition) is 1. The predicted molar refractivity (Wildman–Crippen MR) is 73.7 cm³/mol. The van der Waals surface area contributed by atoms with Gasteiger partial charge < -0.3 is 14.8 Å². The summed E-state index contributed by atoms with van der Waals surface area (Å²) in [4.78, 5) is 24.1. The highest BCUT2D eigenvalue weighted by Crippen LogP contribution is 2.14. The SMILES string of the molecule is COC(C)(C)C(=O)N[C@H](C(=O)OC(C)(C)C)C(C)C. The zero-order valence-corrected chi connectivity index (χ0v) is 13.3. The molecule has 5 nitrogen and oxygen atoms in total. The minimum atomic E-state index is -0.977. The normalized spacial score (nSPS) is 14.2. The molecule has 0 aromatic carbocycles. The van der Waals surface area contributed by atoms with Crippen LogP contribution < -0.4 is 5.32 Å². The number of carbonyl (C=O) groups excluding carboxylic acids is 2. The van der Waals surface area contributed by atoms with Crippen LogP contribution in [-0.2, 0) is 19.1 Å². The van der Waals surface area contributed by atoms with E-state index in [1.165, 1.54) is 7.11 Å². The maximum Gasteiger partial charge on any atom is 0.329 e. The Kier molecular flexibility index (Phi) is 6.00. The van der Waals surface area contributed by atoms with Gasteiger partial charge in [0, 0.05) is 7.11 Å². The van der Waals surface area contributed by atoms with Crippen molar-refractivity contribution in [3.8, 4) is 0 Å². The van der Waals surface area contributed by atoms with Crippen LogP contribution in [0.2, 0.25) is 0 Å². The number of methoxy groups -OCH3 is 1. The molecule has 0 aliphatic carbocycles. The van der Waals surface area contributed by atoms with E-state index in [1.54, 1.807) is 34.6 Å². The van der Waals surface area contributed by atoms with Crippen molar-refractivity contribution in [1.82, 2.24) is 5.32 Å². The Hall–Kier alpha value is -1.10. The lowest BCUT2D eigenvalue weighted by atomic mass is 10.0. The molecule has 0 aromatic heterocycles. The first-order valence-corrected chi connectivity index (χ1v) is 6.49. The van der Waals surface area contributed by atoms with Crippen molar-refractivity contribution in [1.29, 1.82) is 0 Å². The summed E-state index contributed by atoms with van der Waals surface area (Å²) in [6.45, 7) is 12.4. The van der Waals surface area contributed by atoms with Gasteiger partial charge in [-0.05, 0) is 40.5 Å². The Labute approximate surface area is 116 Å². The van der Waals surface area contributed by atoms with E-state index < -0.39 is 23.2 Å². The molecule has 0 aromatic rings. The zero-order chi connectivity index (χ0) is 15.4. The van der Waals surface area contributed by atoms with Gasteiger partial charge in [0.25, 0.3) is 5.91 Å². The molecule has 1 atom stereocenters. The van der Waals surface area contributed by atoms with Crippen LogP contribution >= 0.6 is 0 Å². The molecule has 0 saturated heterocycles. The summed E-state index contributed by atoms with van der Waals surface area (Å²) >= 11 is 0. The van der Waals surface area contributed by atoms with Crippen LogP contribution in [0.15, 0.2) is 0 Å². The van der Waals surface area contributed by atoms with E-state index >= 15 is 0 Å². The Morgan fingerprint density at radius 1 is 1.05 bits per heavy atom. The minimum Gasteiger partial charge on any atom is -0.458 e. The molecule has 0 unspecified atom stereocenters. The van der Waals surface area contributed by atoms with E-state index in [0.29, 0.717) is 0 Å². The minimum absolute atomic E-state index is 0.0635. The average Bonchev–Trinajstić information content (AvgIpc) is 2.22. The van der Waals surface area contributed by atoms with E-state index in [4.69, 9.17) is 9.47 Å². The van der Waals surface area contributed by atoms with Crippen LogP contribution in [0.3, 0.4) is 0 Å². The van der Waals surface area contributed by atoms with Crippen molar-refractivity contribution in [3.05, 3.63) is 0 Å². The highest BCUT2D eigenvalue weighted by molar-refractivity contribution is 5.89. The van der Waals surface area contributed by atoms with Crippen LogP contribution in [0.4, 0.5) is 0 Å². The van der Waals surface area contributed by atoms with Gasteiger partial charge in [0.1, 0.15) is 17.2 Å². The fraction of sp³-hybridized carbons (Fsp3) is 0.857. The number of amides is 1. The monoisotopic (exact) mass is 273 g/mol. The lowest BCUT2D eigenvalue weighted by molar-refractivity contribution is -0.161. The third kappa shape index (κ3) is 6.05. The van der Waals surface area contributed by atoms with Gasteiger partial charge in [-0.3, -0.25) is 4.79 Å². The number of rotatable bonds is 5. The third-order valence-electron chi connectivity index (χ3n) is 2.67. The fourth-order valence-corrected chi connectivity index (χ4v) is 1.27. The molecular formula is C14H27NO4. The van der Waals surface area contributed by atoms with Gasteiger partial charge >= 0.3 is 5.97 Å². The molecule has 1 N–H and O–H groups in total. The summed E-state index contributed by atoms with van der Waals surface area (Å²) in [5, 5.41) is 2.69. The molecule has 0 rings (SSSR count). The van der Waals surface area contributed by atoms with Crippen LogP contribution in [0.1, 0.15) is 48.5 Å². The number of nitrogens with one attached hydrogen (secondary N) is 1. The molecule has 0 spiro atoms. The smallest absolute Gasteiger partial charge is 0.329 e. The quantitative estimate of drug-likeness (QED) is 0.777. The average molecular weight is 273 g/mol. The van der Waals surface area contributed by atoms with Gasteiger partial charge in [-0.25, -0.2) is 4.79 Å². The molecule has 0 saturated carbocycles. The molecule has 0 bridgehead atoms. The predicted octanol–water partition coefficient (Wildman–Crippen LogP) is 1.89. The van der Waals surface area contributed by atoms with Crippen molar-refractivity contribution in [2.75, 3.05) is 7.11 Å².